The van der Waals surface area contributed by atoms with Gasteiger partial charge in [0.15, 0.2) is 0 Å². The smallest absolute Gasteiger partial charge is 0.319 e. The van der Waals surface area contributed by atoms with E-state index < -0.39 is 0 Å². The Bertz CT molecular complexity index is 225. The van der Waals surface area contributed by atoms with Gasteiger partial charge < -0.3 is 9.47 Å². The zero-order valence-electron chi connectivity index (χ0n) is 8.70. The molecule has 0 heterocycles. The molecule has 0 aliphatic heterocycles. The van der Waals surface area contributed by atoms with Crippen molar-refractivity contribution in [3.05, 3.63) is 12.8 Å². The molecule has 1 atom stereocenters. The van der Waals surface area contributed by atoms with Crippen LogP contribution in [0.5, 0.6) is 0 Å². The Kier molecular flexibility index (Phi) is 7.99. The lowest BCUT2D eigenvalue weighted by molar-refractivity contribution is -0.142. The SMILES string of the molecule is C=COC(=O)CCCCOC(=O)C(C)Br. The molecule has 0 amide bonds. The number of carbonyl (C=O) groups excluding carboxylic acids is 2. The van der Waals surface area contributed by atoms with Crippen molar-refractivity contribution in [1.82, 2.24) is 0 Å². The number of halogens is 1. The van der Waals surface area contributed by atoms with Crippen LogP contribution in [0.3, 0.4) is 0 Å². The van der Waals surface area contributed by atoms with E-state index in [4.69, 9.17) is 4.74 Å². The van der Waals surface area contributed by atoms with Gasteiger partial charge in [-0.05, 0) is 19.8 Å². The van der Waals surface area contributed by atoms with E-state index in [1.54, 1.807) is 6.92 Å². The Morgan fingerprint density at radius 2 is 2.13 bits per heavy atom. The lowest BCUT2D eigenvalue weighted by Crippen LogP contribution is -2.14. The van der Waals surface area contributed by atoms with Gasteiger partial charge in [-0.3, -0.25) is 9.59 Å². The second-order valence-corrected chi connectivity index (χ2v) is 4.27. The number of alkyl halides is 1. The lowest BCUT2D eigenvalue weighted by Gasteiger charge is -2.05. The average molecular weight is 279 g/mol. The first-order valence-corrected chi connectivity index (χ1v) is 5.60. The second-order valence-electron chi connectivity index (χ2n) is 2.90. The Labute approximate surface area is 97.8 Å². The minimum atomic E-state index is -0.315. The van der Waals surface area contributed by atoms with Crippen molar-refractivity contribution in [3.63, 3.8) is 0 Å². The molecule has 15 heavy (non-hydrogen) atoms. The van der Waals surface area contributed by atoms with Crippen molar-refractivity contribution < 1.29 is 19.1 Å². The predicted molar refractivity (Wildman–Crippen MR) is 59.5 cm³/mol. The molecule has 1 unspecified atom stereocenters. The van der Waals surface area contributed by atoms with E-state index in [0.29, 0.717) is 25.9 Å². The topological polar surface area (TPSA) is 52.6 Å². The largest absolute Gasteiger partial charge is 0.465 e. The highest BCUT2D eigenvalue weighted by atomic mass is 79.9. The molecular formula is C10H15BrO4. The number of carbonyl (C=O) groups is 2. The van der Waals surface area contributed by atoms with Gasteiger partial charge in [0.2, 0.25) is 0 Å². The molecule has 0 aromatic heterocycles. The highest BCUT2D eigenvalue weighted by Gasteiger charge is 2.09. The summed E-state index contributed by atoms with van der Waals surface area (Å²) in [6.07, 6.45) is 2.70. The van der Waals surface area contributed by atoms with Crippen molar-refractivity contribution >= 4 is 27.9 Å². The maximum Gasteiger partial charge on any atom is 0.319 e. The Balaban J connectivity index is 3.36. The highest BCUT2D eigenvalue weighted by Crippen LogP contribution is 2.03. The molecule has 0 saturated carbocycles. The van der Waals surface area contributed by atoms with Crippen LogP contribution in [0.15, 0.2) is 12.8 Å². The average Bonchev–Trinajstić information content (AvgIpc) is 2.17. The zero-order valence-corrected chi connectivity index (χ0v) is 10.3. The molecule has 4 nitrogen and oxygen atoms in total. The van der Waals surface area contributed by atoms with E-state index in [-0.39, 0.29) is 16.8 Å². The van der Waals surface area contributed by atoms with Gasteiger partial charge in [-0.15, -0.1) is 0 Å². The molecule has 0 aliphatic carbocycles. The molecule has 0 N–H and O–H groups in total. The Morgan fingerprint density at radius 3 is 2.67 bits per heavy atom. The highest BCUT2D eigenvalue weighted by molar-refractivity contribution is 9.10. The fourth-order valence-corrected chi connectivity index (χ4v) is 0.943. The number of hydrogen-bond donors (Lipinski definition) is 0. The van der Waals surface area contributed by atoms with Gasteiger partial charge in [0.25, 0.3) is 0 Å². The van der Waals surface area contributed by atoms with Gasteiger partial charge in [0, 0.05) is 6.42 Å². The molecule has 86 valence electrons. The third-order valence-electron chi connectivity index (χ3n) is 1.56. The molecule has 0 aromatic rings. The first-order chi connectivity index (χ1) is 7.07. The van der Waals surface area contributed by atoms with Gasteiger partial charge in [-0.1, -0.05) is 22.5 Å². The van der Waals surface area contributed by atoms with Crippen LogP contribution in [0, 0.1) is 0 Å². The molecule has 0 saturated heterocycles. The van der Waals surface area contributed by atoms with Crippen molar-refractivity contribution in [2.75, 3.05) is 6.61 Å². The number of ether oxygens (including phenoxy) is 2. The minimum Gasteiger partial charge on any atom is -0.465 e. The maximum atomic E-state index is 11.0. The molecule has 0 radical (unpaired) electrons. The van der Waals surface area contributed by atoms with Crippen LogP contribution in [-0.2, 0) is 19.1 Å². The quantitative estimate of drug-likeness (QED) is 0.310. The maximum absolute atomic E-state index is 11.0. The van der Waals surface area contributed by atoms with Crippen molar-refractivity contribution in [2.45, 2.75) is 31.0 Å². The molecule has 0 aromatic carbocycles. The second kappa shape index (κ2) is 8.47. The fourth-order valence-electron chi connectivity index (χ4n) is 0.811. The van der Waals surface area contributed by atoms with Gasteiger partial charge >= 0.3 is 11.9 Å². The van der Waals surface area contributed by atoms with Crippen LogP contribution >= 0.6 is 15.9 Å². The summed E-state index contributed by atoms with van der Waals surface area (Å²) >= 11 is 3.09. The Hall–Kier alpha value is -0.840. The van der Waals surface area contributed by atoms with E-state index in [9.17, 15) is 9.59 Å². The van der Waals surface area contributed by atoms with E-state index >= 15 is 0 Å². The predicted octanol–water partition coefficient (Wildman–Crippen LogP) is 2.17. The third-order valence-corrected chi connectivity index (χ3v) is 1.93. The summed E-state index contributed by atoms with van der Waals surface area (Å²) in [6, 6.07) is 0. The normalized spacial score (nSPS) is 11.6. The van der Waals surface area contributed by atoms with Gasteiger partial charge in [-0.25, -0.2) is 0 Å². The summed E-state index contributed by atoms with van der Waals surface area (Å²) < 4.78 is 9.40. The summed E-state index contributed by atoms with van der Waals surface area (Å²) in [5.41, 5.74) is 0. The lowest BCUT2D eigenvalue weighted by atomic mass is 10.2. The summed E-state index contributed by atoms with van der Waals surface area (Å²) in [5, 5.41) is 0. The van der Waals surface area contributed by atoms with Crippen LogP contribution in [0.4, 0.5) is 0 Å². The van der Waals surface area contributed by atoms with E-state index in [0.717, 1.165) is 6.26 Å². The van der Waals surface area contributed by atoms with E-state index in [1.165, 1.54) is 0 Å². The molecular weight excluding hydrogens is 264 g/mol. The van der Waals surface area contributed by atoms with Gasteiger partial charge in [0.05, 0.1) is 12.9 Å². The molecule has 0 spiro atoms. The standard InChI is InChI=1S/C10H15BrO4/c1-3-14-9(12)6-4-5-7-15-10(13)8(2)11/h3,8H,1,4-7H2,2H3. The van der Waals surface area contributed by atoms with Gasteiger partial charge in [-0.2, -0.15) is 0 Å². The van der Waals surface area contributed by atoms with Crippen molar-refractivity contribution in [3.8, 4) is 0 Å². The van der Waals surface area contributed by atoms with Crippen LogP contribution in [0.25, 0.3) is 0 Å². The van der Waals surface area contributed by atoms with Crippen LogP contribution in [0.2, 0.25) is 0 Å². The van der Waals surface area contributed by atoms with Crippen LogP contribution in [0.1, 0.15) is 26.2 Å². The first-order valence-electron chi connectivity index (χ1n) is 4.69. The monoisotopic (exact) mass is 278 g/mol. The number of unbranched alkanes of at least 4 members (excludes halogenated alkanes) is 1. The third kappa shape index (κ3) is 8.17. The molecule has 0 bridgehead atoms. The van der Waals surface area contributed by atoms with Crippen molar-refractivity contribution in [1.29, 1.82) is 0 Å². The van der Waals surface area contributed by atoms with E-state index in [2.05, 4.69) is 27.2 Å². The first kappa shape index (κ1) is 14.2. The summed E-state index contributed by atoms with van der Waals surface area (Å²) in [6.45, 7) is 5.30. The van der Waals surface area contributed by atoms with Gasteiger partial charge in [0.1, 0.15) is 4.83 Å². The zero-order chi connectivity index (χ0) is 11.7. The summed E-state index contributed by atoms with van der Waals surface area (Å²) in [5.74, 6) is -0.603. The van der Waals surface area contributed by atoms with Crippen molar-refractivity contribution in [2.24, 2.45) is 0 Å². The molecule has 0 aliphatic rings. The molecule has 0 rings (SSSR count). The number of hydrogen-bond acceptors (Lipinski definition) is 4. The fraction of sp³-hybridized carbons (Fsp3) is 0.600. The Morgan fingerprint density at radius 1 is 1.47 bits per heavy atom. The molecule has 5 heteroatoms. The summed E-state index contributed by atoms with van der Waals surface area (Å²) in [4.78, 5) is 21.5. The summed E-state index contributed by atoms with van der Waals surface area (Å²) in [7, 11) is 0. The van der Waals surface area contributed by atoms with Crippen LogP contribution in [-0.4, -0.2) is 23.4 Å². The minimum absolute atomic E-state index is 0.288. The van der Waals surface area contributed by atoms with E-state index in [1.807, 2.05) is 0 Å². The number of rotatable bonds is 7. The number of esters is 2. The van der Waals surface area contributed by atoms with Crippen LogP contribution < -0.4 is 0 Å². The molecule has 0 fully saturated rings.